The third-order valence-electron chi connectivity index (χ3n) is 3.93. The molecule has 2 aromatic rings. The lowest BCUT2D eigenvalue weighted by atomic mass is 10.1. The lowest BCUT2D eigenvalue weighted by molar-refractivity contribution is -0.122. The Balaban J connectivity index is 1.73. The zero-order valence-electron chi connectivity index (χ0n) is 12.7. The van der Waals surface area contributed by atoms with Crippen molar-refractivity contribution in [3.05, 3.63) is 58.9 Å². The van der Waals surface area contributed by atoms with Gasteiger partial charge in [-0.25, -0.2) is 13.2 Å². The zero-order chi connectivity index (χ0) is 18.1. The highest BCUT2D eigenvalue weighted by Gasteiger charge is 2.35. The zero-order valence-corrected chi connectivity index (χ0v) is 13.5. The second-order valence-corrected chi connectivity index (χ2v) is 6.03. The molecule has 0 aromatic heterocycles. The summed E-state index contributed by atoms with van der Waals surface area (Å²) in [5, 5.41) is 2.71. The first-order valence-corrected chi connectivity index (χ1v) is 7.75. The van der Waals surface area contributed by atoms with Crippen molar-refractivity contribution in [1.29, 1.82) is 0 Å². The third kappa shape index (κ3) is 3.46. The number of hydrogen-bond acceptors (Lipinski definition) is 2. The van der Waals surface area contributed by atoms with Gasteiger partial charge in [0.05, 0.1) is 11.6 Å². The molecule has 1 aliphatic rings. The molecule has 25 heavy (non-hydrogen) atoms. The van der Waals surface area contributed by atoms with E-state index in [1.54, 1.807) is 24.3 Å². The van der Waals surface area contributed by atoms with Crippen molar-refractivity contribution in [3.63, 3.8) is 0 Å². The smallest absolute Gasteiger partial charge is 0.229 e. The van der Waals surface area contributed by atoms with Crippen molar-refractivity contribution in [2.75, 3.05) is 16.8 Å². The Hall–Kier alpha value is -2.54. The van der Waals surface area contributed by atoms with Gasteiger partial charge in [0.25, 0.3) is 0 Å². The van der Waals surface area contributed by atoms with Crippen molar-refractivity contribution < 1.29 is 22.8 Å². The lowest BCUT2D eigenvalue weighted by Crippen LogP contribution is -2.28. The fourth-order valence-electron chi connectivity index (χ4n) is 2.61. The Morgan fingerprint density at radius 1 is 1.08 bits per heavy atom. The molecule has 130 valence electrons. The van der Waals surface area contributed by atoms with Crippen molar-refractivity contribution in [2.24, 2.45) is 5.92 Å². The van der Waals surface area contributed by atoms with E-state index in [-0.39, 0.29) is 18.9 Å². The number of nitrogens with zero attached hydrogens (tertiary/aromatic N) is 1. The van der Waals surface area contributed by atoms with E-state index in [2.05, 4.69) is 5.32 Å². The molecule has 0 saturated carbocycles. The number of anilines is 2. The van der Waals surface area contributed by atoms with Crippen LogP contribution in [0.5, 0.6) is 0 Å². The molecule has 2 aromatic carbocycles. The minimum Gasteiger partial charge on any atom is -0.323 e. The molecule has 0 spiro atoms. The molecule has 8 heteroatoms. The quantitative estimate of drug-likeness (QED) is 0.839. The van der Waals surface area contributed by atoms with E-state index < -0.39 is 35.0 Å². The SMILES string of the molecule is O=C(Nc1ccc(F)c(F)c1F)C1CC(=O)N(c2ccc(Cl)cc2)C1. The van der Waals surface area contributed by atoms with Crippen LogP contribution in [0.25, 0.3) is 0 Å². The van der Waals surface area contributed by atoms with Crippen LogP contribution in [0, 0.1) is 23.4 Å². The summed E-state index contributed by atoms with van der Waals surface area (Å²) >= 11 is 5.80. The molecule has 0 aliphatic carbocycles. The van der Waals surface area contributed by atoms with E-state index in [1.807, 2.05) is 0 Å². The highest BCUT2D eigenvalue weighted by Crippen LogP contribution is 2.28. The van der Waals surface area contributed by atoms with Crippen LogP contribution in [-0.4, -0.2) is 18.4 Å². The van der Waals surface area contributed by atoms with Gasteiger partial charge in [-0.1, -0.05) is 11.6 Å². The van der Waals surface area contributed by atoms with Crippen LogP contribution >= 0.6 is 11.6 Å². The second kappa shape index (κ2) is 6.76. The predicted molar refractivity (Wildman–Crippen MR) is 86.9 cm³/mol. The summed E-state index contributed by atoms with van der Waals surface area (Å²) < 4.78 is 39.8. The first-order valence-electron chi connectivity index (χ1n) is 7.37. The van der Waals surface area contributed by atoms with Gasteiger partial charge in [-0.3, -0.25) is 9.59 Å². The Morgan fingerprint density at radius 3 is 2.44 bits per heavy atom. The molecule has 2 amide bonds. The largest absolute Gasteiger partial charge is 0.323 e. The van der Waals surface area contributed by atoms with E-state index >= 15 is 0 Å². The van der Waals surface area contributed by atoms with Crippen LogP contribution in [0.3, 0.4) is 0 Å². The average molecular weight is 369 g/mol. The van der Waals surface area contributed by atoms with E-state index in [0.717, 1.165) is 6.07 Å². The maximum absolute atomic E-state index is 13.6. The Labute approximate surface area is 146 Å². The summed E-state index contributed by atoms with van der Waals surface area (Å²) in [5.74, 6) is -6.14. The molecule has 1 saturated heterocycles. The number of carbonyl (C=O) groups excluding carboxylic acids is 2. The standard InChI is InChI=1S/C17H12ClF3N2O2/c18-10-1-3-11(4-2-10)23-8-9(7-14(23)24)17(25)22-13-6-5-12(19)15(20)16(13)21/h1-6,9H,7-8H2,(H,22,25). The molecule has 1 fully saturated rings. The van der Waals surface area contributed by atoms with Gasteiger partial charge < -0.3 is 10.2 Å². The molecule has 0 bridgehead atoms. The molecule has 1 aliphatic heterocycles. The van der Waals surface area contributed by atoms with E-state index in [9.17, 15) is 22.8 Å². The molecule has 0 radical (unpaired) electrons. The summed E-state index contributed by atoms with van der Waals surface area (Å²) in [4.78, 5) is 25.8. The summed E-state index contributed by atoms with van der Waals surface area (Å²) in [6.07, 6.45) is -0.0697. The van der Waals surface area contributed by atoms with Crippen LogP contribution in [-0.2, 0) is 9.59 Å². The molecule has 1 N–H and O–H groups in total. The van der Waals surface area contributed by atoms with Crippen LogP contribution in [0.2, 0.25) is 5.02 Å². The predicted octanol–water partition coefficient (Wildman–Crippen LogP) is 3.75. The first-order chi connectivity index (χ1) is 11.9. The van der Waals surface area contributed by atoms with Crippen molar-refractivity contribution in [1.82, 2.24) is 0 Å². The van der Waals surface area contributed by atoms with Crippen molar-refractivity contribution in [3.8, 4) is 0 Å². The number of carbonyl (C=O) groups is 2. The van der Waals surface area contributed by atoms with Gasteiger partial charge in [-0.15, -0.1) is 0 Å². The molecule has 3 rings (SSSR count). The van der Waals surface area contributed by atoms with E-state index in [0.29, 0.717) is 16.8 Å². The average Bonchev–Trinajstić information content (AvgIpc) is 2.98. The molecule has 4 nitrogen and oxygen atoms in total. The van der Waals surface area contributed by atoms with E-state index in [4.69, 9.17) is 11.6 Å². The van der Waals surface area contributed by atoms with Gasteiger partial charge in [0, 0.05) is 23.7 Å². The van der Waals surface area contributed by atoms with Gasteiger partial charge in [-0.2, -0.15) is 0 Å². The van der Waals surface area contributed by atoms with Gasteiger partial charge >= 0.3 is 0 Å². The minimum atomic E-state index is -1.66. The number of rotatable bonds is 3. The first kappa shape index (κ1) is 17.3. The molecule has 1 unspecified atom stereocenters. The monoisotopic (exact) mass is 368 g/mol. The van der Waals surface area contributed by atoms with Gasteiger partial charge in [0.2, 0.25) is 11.8 Å². The normalized spacial score (nSPS) is 17.0. The summed E-state index contributed by atoms with van der Waals surface area (Å²) in [6.45, 7) is 0.0948. The number of halogens is 4. The molecule has 1 heterocycles. The fourth-order valence-corrected chi connectivity index (χ4v) is 2.74. The van der Waals surface area contributed by atoms with Crippen LogP contribution in [0.1, 0.15) is 6.42 Å². The Kier molecular flexibility index (Phi) is 4.67. The molecule has 1 atom stereocenters. The highest BCUT2D eigenvalue weighted by molar-refractivity contribution is 6.30. The van der Waals surface area contributed by atoms with Gasteiger partial charge in [0.1, 0.15) is 0 Å². The number of amides is 2. The number of nitrogens with one attached hydrogen (secondary N) is 1. The van der Waals surface area contributed by atoms with Gasteiger partial charge in [0.15, 0.2) is 17.5 Å². The molecular weight excluding hydrogens is 357 g/mol. The highest BCUT2D eigenvalue weighted by atomic mass is 35.5. The summed E-state index contributed by atoms with van der Waals surface area (Å²) in [6, 6.07) is 8.18. The van der Waals surface area contributed by atoms with Crippen LogP contribution in [0.15, 0.2) is 36.4 Å². The van der Waals surface area contributed by atoms with Crippen LogP contribution < -0.4 is 10.2 Å². The topological polar surface area (TPSA) is 49.4 Å². The van der Waals surface area contributed by atoms with Gasteiger partial charge in [-0.05, 0) is 36.4 Å². The van der Waals surface area contributed by atoms with Crippen molar-refractivity contribution in [2.45, 2.75) is 6.42 Å². The second-order valence-electron chi connectivity index (χ2n) is 5.59. The summed E-state index contributed by atoms with van der Waals surface area (Å²) in [5.41, 5.74) is 0.116. The maximum atomic E-state index is 13.6. The number of hydrogen-bond donors (Lipinski definition) is 1. The summed E-state index contributed by atoms with van der Waals surface area (Å²) in [7, 11) is 0. The minimum absolute atomic E-state index is 0.0697. The van der Waals surface area contributed by atoms with Crippen LogP contribution in [0.4, 0.5) is 24.5 Å². The third-order valence-corrected chi connectivity index (χ3v) is 4.18. The maximum Gasteiger partial charge on any atom is 0.229 e. The van der Waals surface area contributed by atoms with Crippen molar-refractivity contribution >= 4 is 34.8 Å². The van der Waals surface area contributed by atoms with E-state index in [1.165, 1.54) is 4.90 Å². The lowest BCUT2D eigenvalue weighted by Gasteiger charge is -2.17. The number of benzene rings is 2. The Bertz CT molecular complexity index is 843. The molecular formula is C17H12ClF3N2O2. The fraction of sp³-hybridized carbons (Fsp3) is 0.176. The Morgan fingerprint density at radius 2 is 1.76 bits per heavy atom.